The van der Waals surface area contributed by atoms with Crippen molar-refractivity contribution >= 4 is 34.1 Å². The number of benzene rings is 1. The molecule has 0 fully saturated rings. The maximum atomic E-state index is 12.8. The van der Waals surface area contributed by atoms with Gasteiger partial charge < -0.3 is 9.72 Å². The lowest BCUT2D eigenvalue weighted by Crippen LogP contribution is -2.23. The molecular weight excluding hydrogens is 422 g/mol. The normalized spacial score (nSPS) is 11.2. The van der Waals surface area contributed by atoms with Crippen LogP contribution in [0.15, 0.2) is 73.3 Å². The number of aromatic nitrogens is 4. The molecule has 0 aliphatic rings. The number of aryl methyl sites for hydroxylation is 1. The predicted molar refractivity (Wildman–Crippen MR) is 125 cm³/mol. The van der Waals surface area contributed by atoms with Gasteiger partial charge in [0.15, 0.2) is 0 Å². The molecule has 0 spiro atoms. The van der Waals surface area contributed by atoms with E-state index in [9.17, 15) is 4.79 Å². The Labute approximate surface area is 189 Å². The van der Waals surface area contributed by atoms with Gasteiger partial charge in [-0.05, 0) is 54.4 Å². The average molecular weight is 442 g/mol. The summed E-state index contributed by atoms with van der Waals surface area (Å²) in [6.45, 7) is 2.42. The third-order valence-corrected chi connectivity index (χ3v) is 5.54. The number of hydrogen-bond donors (Lipinski definition) is 1. The molecule has 32 heavy (non-hydrogen) atoms. The molecule has 0 atom stereocenters. The van der Waals surface area contributed by atoms with Crippen LogP contribution in [0.4, 0.5) is 0 Å². The summed E-state index contributed by atoms with van der Waals surface area (Å²) in [6.07, 6.45) is 7.72. The molecule has 0 saturated carbocycles. The molecule has 0 saturated heterocycles. The van der Waals surface area contributed by atoms with Gasteiger partial charge in [0.25, 0.3) is 5.91 Å². The first kappa shape index (κ1) is 20.2. The monoisotopic (exact) mass is 441 g/mol. The highest BCUT2D eigenvalue weighted by molar-refractivity contribution is 6.31. The average Bonchev–Trinajstić information content (AvgIpc) is 3.19. The van der Waals surface area contributed by atoms with Crippen LogP contribution in [0.3, 0.4) is 0 Å². The fourth-order valence-corrected chi connectivity index (χ4v) is 3.90. The lowest BCUT2D eigenvalue weighted by atomic mass is 10.0. The number of amides is 1. The lowest BCUT2D eigenvalue weighted by molar-refractivity contribution is 0.0950. The molecule has 4 aromatic heterocycles. The Morgan fingerprint density at radius 2 is 1.94 bits per heavy atom. The number of hydrogen-bond acceptors (Lipinski definition) is 4. The van der Waals surface area contributed by atoms with Gasteiger partial charge in [-0.2, -0.15) is 0 Å². The first-order valence-corrected chi connectivity index (χ1v) is 10.6. The van der Waals surface area contributed by atoms with Gasteiger partial charge in [-0.3, -0.25) is 14.8 Å². The molecular formula is C25H20ClN5O. The zero-order valence-electron chi connectivity index (χ0n) is 17.4. The Morgan fingerprint density at radius 1 is 1.03 bits per heavy atom. The molecule has 0 unspecified atom stereocenters. The summed E-state index contributed by atoms with van der Waals surface area (Å²) in [4.78, 5) is 25.9. The molecule has 5 aromatic rings. The van der Waals surface area contributed by atoms with Crippen LogP contribution in [0, 0.1) is 6.92 Å². The number of halogens is 1. The van der Waals surface area contributed by atoms with E-state index in [4.69, 9.17) is 11.6 Å². The molecule has 1 aromatic carbocycles. The number of carbonyl (C=O) groups excluding carboxylic acids is 1. The number of nitrogens with one attached hydrogen (secondary N) is 1. The van der Waals surface area contributed by atoms with E-state index in [0.717, 1.165) is 39.1 Å². The van der Waals surface area contributed by atoms with Crippen LogP contribution >= 0.6 is 11.6 Å². The molecule has 4 heterocycles. The van der Waals surface area contributed by atoms with E-state index in [0.29, 0.717) is 23.6 Å². The molecule has 0 bridgehead atoms. The number of pyridine rings is 3. The molecule has 1 N–H and O–H groups in total. The number of imidazole rings is 1. The number of rotatable bonds is 5. The largest absolute Gasteiger partial charge is 0.346 e. The van der Waals surface area contributed by atoms with Crippen LogP contribution in [0.25, 0.3) is 16.6 Å². The van der Waals surface area contributed by atoms with Gasteiger partial charge in [0, 0.05) is 41.7 Å². The molecule has 7 heteroatoms. The van der Waals surface area contributed by atoms with Gasteiger partial charge >= 0.3 is 0 Å². The summed E-state index contributed by atoms with van der Waals surface area (Å²) >= 11 is 6.07. The summed E-state index contributed by atoms with van der Waals surface area (Å²) in [5.41, 5.74) is 6.28. The van der Waals surface area contributed by atoms with E-state index in [-0.39, 0.29) is 5.91 Å². The first-order valence-electron chi connectivity index (χ1n) is 10.2. The van der Waals surface area contributed by atoms with Crippen molar-refractivity contribution in [3.63, 3.8) is 0 Å². The van der Waals surface area contributed by atoms with E-state index < -0.39 is 0 Å². The highest BCUT2D eigenvalue weighted by Crippen LogP contribution is 2.20. The van der Waals surface area contributed by atoms with Crippen molar-refractivity contribution < 1.29 is 4.79 Å². The number of fused-ring (bicyclic) bond motifs is 2. The van der Waals surface area contributed by atoms with Gasteiger partial charge in [-0.1, -0.05) is 23.7 Å². The highest BCUT2D eigenvalue weighted by atomic mass is 35.5. The maximum Gasteiger partial charge on any atom is 0.251 e. The summed E-state index contributed by atoms with van der Waals surface area (Å²) in [6, 6.07) is 15.5. The van der Waals surface area contributed by atoms with E-state index in [1.807, 2.05) is 53.9 Å². The number of nitrogens with zero attached hydrogens (tertiary/aromatic N) is 4. The molecule has 5 rings (SSSR count). The first-order chi connectivity index (χ1) is 15.5. The van der Waals surface area contributed by atoms with Crippen LogP contribution < -0.4 is 5.32 Å². The van der Waals surface area contributed by atoms with Crippen molar-refractivity contribution in [2.75, 3.05) is 0 Å². The lowest BCUT2D eigenvalue weighted by Gasteiger charge is -2.08. The van der Waals surface area contributed by atoms with E-state index in [1.54, 1.807) is 24.7 Å². The Balaban J connectivity index is 1.31. The third-order valence-electron chi connectivity index (χ3n) is 5.34. The van der Waals surface area contributed by atoms with Crippen molar-refractivity contribution in [1.29, 1.82) is 0 Å². The van der Waals surface area contributed by atoms with Crippen LogP contribution in [-0.2, 0) is 13.0 Å². The van der Waals surface area contributed by atoms with Crippen molar-refractivity contribution in [3.8, 4) is 0 Å². The van der Waals surface area contributed by atoms with Gasteiger partial charge in [0.05, 0.1) is 29.0 Å². The van der Waals surface area contributed by atoms with Crippen LogP contribution in [0.5, 0.6) is 0 Å². The topological polar surface area (TPSA) is 72.2 Å². The fraction of sp³-hybridized carbons (Fsp3) is 0.120. The van der Waals surface area contributed by atoms with E-state index in [2.05, 4.69) is 26.3 Å². The van der Waals surface area contributed by atoms with Gasteiger partial charge in [0.2, 0.25) is 0 Å². The van der Waals surface area contributed by atoms with E-state index >= 15 is 0 Å². The predicted octanol–water partition coefficient (Wildman–Crippen LogP) is 4.76. The van der Waals surface area contributed by atoms with Gasteiger partial charge in [0.1, 0.15) is 5.65 Å². The third kappa shape index (κ3) is 4.18. The second kappa shape index (κ2) is 8.40. The summed E-state index contributed by atoms with van der Waals surface area (Å²) in [5.74, 6) is -0.147. The molecule has 158 valence electrons. The molecule has 0 aliphatic heterocycles. The minimum Gasteiger partial charge on any atom is -0.346 e. The Morgan fingerprint density at radius 3 is 2.84 bits per heavy atom. The molecule has 0 aliphatic carbocycles. The van der Waals surface area contributed by atoms with Crippen molar-refractivity contribution in [1.82, 2.24) is 24.7 Å². The van der Waals surface area contributed by atoms with Gasteiger partial charge in [-0.25, -0.2) is 4.98 Å². The minimum absolute atomic E-state index is 0.147. The molecule has 1 amide bonds. The standard InChI is InChI=1S/C25H20ClN5O/c1-16-2-5-24-29-13-22(31(24)15-16)14-30-25(32)18-6-7-27-21(11-18)9-17-3-4-23-19(8-17)10-20(26)12-28-23/h2-8,10-13,15H,9,14H2,1H3,(H,30,32). The Kier molecular flexibility index (Phi) is 5.29. The summed E-state index contributed by atoms with van der Waals surface area (Å²) < 4.78 is 1.99. The zero-order chi connectivity index (χ0) is 22.1. The zero-order valence-corrected chi connectivity index (χ0v) is 18.2. The smallest absolute Gasteiger partial charge is 0.251 e. The molecule has 0 radical (unpaired) electrons. The second-order valence-corrected chi connectivity index (χ2v) is 8.20. The highest BCUT2D eigenvalue weighted by Gasteiger charge is 2.10. The maximum absolute atomic E-state index is 12.8. The van der Waals surface area contributed by atoms with Crippen LogP contribution in [0.1, 0.15) is 32.9 Å². The SMILES string of the molecule is Cc1ccc2ncc(CNC(=O)c3ccnc(Cc4ccc5ncc(Cl)cc5c4)c3)n2c1. The quantitative estimate of drug-likeness (QED) is 0.427. The van der Waals surface area contributed by atoms with E-state index in [1.165, 1.54) is 0 Å². The summed E-state index contributed by atoms with van der Waals surface area (Å²) in [5, 5.41) is 4.57. The molecule has 6 nitrogen and oxygen atoms in total. The van der Waals surface area contributed by atoms with Gasteiger partial charge in [-0.15, -0.1) is 0 Å². The Bertz CT molecular complexity index is 1460. The fourth-order valence-electron chi connectivity index (χ4n) is 3.73. The van der Waals surface area contributed by atoms with Crippen LogP contribution in [0.2, 0.25) is 5.02 Å². The second-order valence-electron chi connectivity index (χ2n) is 7.76. The Hall–Kier alpha value is -3.77. The minimum atomic E-state index is -0.147. The van der Waals surface area contributed by atoms with Crippen LogP contribution in [-0.4, -0.2) is 25.3 Å². The van der Waals surface area contributed by atoms with Crippen molar-refractivity contribution in [2.45, 2.75) is 19.9 Å². The number of carbonyl (C=O) groups is 1. The van der Waals surface area contributed by atoms with Crippen molar-refractivity contribution in [3.05, 3.63) is 106 Å². The summed E-state index contributed by atoms with van der Waals surface area (Å²) in [7, 11) is 0. The van der Waals surface area contributed by atoms with Crippen molar-refractivity contribution in [2.24, 2.45) is 0 Å².